The molecule has 0 radical (unpaired) electrons. The third-order valence-electron chi connectivity index (χ3n) is 3.03. The zero-order valence-electron chi connectivity index (χ0n) is 9.93. The van der Waals surface area contributed by atoms with Crippen LogP contribution in [0.25, 0.3) is 5.69 Å². The van der Waals surface area contributed by atoms with Gasteiger partial charge in [0.15, 0.2) is 0 Å². The summed E-state index contributed by atoms with van der Waals surface area (Å²) in [6.45, 7) is 0.782. The largest absolute Gasteiger partial charge is 0.314 e. The molecule has 0 bridgehead atoms. The summed E-state index contributed by atoms with van der Waals surface area (Å²) in [7, 11) is 1.92. The summed E-state index contributed by atoms with van der Waals surface area (Å²) in [5, 5.41) is 7.72. The second-order valence-corrected chi connectivity index (χ2v) is 4.50. The molecule has 0 spiro atoms. The van der Waals surface area contributed by atoms with Gasteiger partial charge >= 0.3 is 0 Å². The van der Waals surface area contributed by atoms with Crippen molar-refractivity contribution in [2.24, 2.45) is 0 Å². The molecule has 2 heterocycles. The maximum Gasteiger partial charge on any atom is 0.0679 e. The van der Waals surface area contributed by atoms with Crippen molar-refractivity contribution in [1.29, 1.82) is 0 Å². The number of pyridine rings is 1. The average Bonchev–Trinajstić information content (AvgIpc) is 3.08. The fourth-order valence-corrected chi connectivity index (χ4v) is 1.96. The minimum Gasteiger partial charge on any atom is -0.314 e. The van der Waals surface area contributed by atoms with Crippen molar-refractivity contribution in [3.8, 4) is 5.69 Å². The molecule has 2 aromatic heterocycles. The minimum absolute atomic E-state index is 0.704. The van der Waals surface area contributed by atoms with Crippen molar-refractivity contribution in [2.75, 3.05) is 7.05 Å². The lowest BCUT2D eigenvalue weighted by atomic mass is 10.3. The van der Waals surface area contributed by atoms with Gasteiger partial charge in [-0.05, 0) is 38.1 Å². The monoisotopic (exact) mass is 228 g/mol. The highest BCUT2D eigenvalue weighted by Gasteiger charge is 2.25. The third kappa shape index (κ3) is 2.22. The van der Waals surface area contributed by atoms with Crippen molar-refractivity contribution in [1.82, 2.24) is 20.1 Å². The highest BCUT2D eigenvalue weighted by Crippen LogP contribution is 2.38. The molecule has 0 unspecified atom stereocenters. The summed E-state index contributed by atoms with van der Waals surface area (Å²) in [6, 6.07) is 6.18. The van der Waals surface area contributed by atoms with E-state index in [1.165, 1.54) is 18.5 Å². The first kappa shape index (κ1) is 10.5. The third-order valence-corrected chi connectivity index (χ3v) is 3.03. The first-order chi connectivity index (χ1) is 8.36. The molecular formula is C13H16N4. The molecule has 1 aliphatic carbocycles. The van der Waals surface area contributed by atoms with Crippen LogP contribution in [0.4, 0.5) is 0 Å². The van der Waals surface area contributed by atoms with Crippen LogP contribution in [0.5, 0.6) is 0 Å². The summed E-state index contributed by atoms with van der Waals surface area (Å²) >= 11 is 0. The molecule has 2 aromatic rings. The Morgan fingerprint density at radius 2 is 2.29 bits per heavy atom. The molecule has 4 nitrogen and oxygen atoms in total. The van der Waals surface area contributed by atoms with Gasteiger partial charge in [-0.1, -0.05) is 0 Å². The molecule has 0 aromatic carbocycles. The lowest BCUT2D eigenvalue weighted by molar-refractivity contribution is 0.781. The maximum atomic E-state index is 4.61. The van der Waals surface area contributed by atoms with Gasteiger partial charge in [-0.2, -0.15) is 5.10 Å². The van der Waals surface area contributed by atoms with Crippen LogP contribution >= 0.6 is 0 Å². The highest BCUT2D eigenvalue weighted by atomic mass is 15.3. The lowest BCUT2D eigenvalue weighted by Crippen LogP contribution is -2.07. The van der Waals surface area contributed by atoms with Gasteiger partial charge in [0.25, 0.3) is 0 Å². The van der Waals surface area contributed by atoms with E-state index in [-0.39, 0.29) is 0 Å². The predicted octanol–water partition coefficient (Wildman–Crippen LogP) is 1.86. The molecule has 1 N–H and O–H groups in total. The molecule has 1 aliphatic rings. The molecular weight excluding hydrogens is 212 g/mol. The Bertz CT molecular complexity index is 514. The predicted molar refractivity (Wildman–Crippen MR) is 66.1 cm³/mol. The van der Waals surface area contributed by atoms with Crippen LogP contribution in [0.1, 0.15) is 30.1 Å². The Balaban J connectivity index is 1.88. The molecule has 1 fully saturated rings. The van der Waals surface area contributed by atoms with Crippen LogP contribution in [-0.2, 0) is 6.54 Å². The Kier molecular flexibility index (Phi) is 2.65. The van der Waals surface area contributed by atoms with Crippen LogP contribution in [0.2, 0.25) is 0 Å². The van der Waals surface area contributed by atoms with E-state index < -0.39 is 0 Å². The van der Waals surface area contributed by atoms with Gasteiger partial charge in [-0.15, -0.1) is 0 Å². The van der Waals surface area contributed by atoms with E-state index in [1.54, 1.807) is 0 Å². The fraction of sp³-hybridized carbons (Fsp3) is 0.385. The lowest BCUT2D eigenvalue weighted by Gasteiger charge is -2.04. The summed E-state index contributed by atoms with van der Waals surface area (Å²) in [6.07, 6.45) is 6.45. The molecule has 1 saturated carbocycles. The van der Waals surface area contributed by atoms with Crippen molar-refractivity contribution < 1.29 is 0 Å². The topological polar surface area (TPSA) is 42.7 Å². The number of hydrogen-bond acceptors (Lipinski definition) is 3. The molecule has 88 valence electrons. The van der Waals surface area contributed by atoms with E-state index in [0.29, 0.717) is 5.92 Å². The first-order valence-electron chi connectivity index (χ1n) is 6.02. The van der Waals surface area contributed by atoms with E-state index in [0.717, 1.165) is 17.9 Å². The number of nitrogens with one attached hydrogen (secondary N) is 1. The van der Waals surface area contributed by atoms with Crippen LogP contribution < -0.4 is 5.32 Å². The van der Waals surface area contributed by atoms with Crippen molar-refractivity contribution >= 4 is 0 Å². The normalized spacial score (nSPS) is 15.1. The molecule has 3 rings (SSSR count). The standard InChI is InChI=1S/C13H16N4/c1-14-9-11-8-12(4-6-15-11)17-7-5-13(16-17)10-2-3-10/h4-8,10,14H,2-3,9H2,1H3. The number of nitrogens with zero attached hydrogens (tertiary/aromatic N) is 3. The SMILES string of the molecule is CNCc1cc(-n2ccc(C3CC3)n2)ccn1. The Morgan fingerprint density at radius 1 is 1.41 bits per heavy atom. The first-order valence-corrected chi connectivity index (χ1v) is 6.02. The van der Waals surface area contributed by atoms with E-state index >= 15 is 0 Å². The fourth-order valence-electron chi connectivity index (χ4n) is 1.96. The van der Waals surface area contributed by atoms with Gasteiger partial charge in [0.05, 0.1) is 17.1 Å². The number of aromatic nitrogens is 3. The van der Waals surface area contributed by atoms with E-state index in [1.807, 2.05) is 30.2 Å². The van der Waals surface area contributed by atoms with Crippen molar-refractivity contribution in [3.63, 3.8) is 0 Å². The van der Waals surface area contributed by atoms with E-state index in [2.05, 4.69) is 27.5 Å². The summed E-state index contributed by atoms with van der Waals surface area (Å²) in [5.41, 5.74) is 3.34. The van der Waals surface area contributed by atoms with E-state index in [4.69, 9.17) is 0 Å². The second-order valence-electron chi connectivity index (χ2n) is 4.50. The van der Waals surface area contributed by atoms with Crippen molar-refractivity contribution in [3.05, 3.63) is 42.0 Å². The highest BCUT2D eigenvalue weighted by molar-refractivity contribution is 5.32. The van der Waals surface area contributed by atoms with Crippen LogP contribution in [0.3, 0.4) is 0 Å². The molecule has 17 heavy (non-hydrogen) atoms. The Labute approximate surface area is 101 Å². The quantitative estimate of drug-likeness (QED) is 0.868. The average molecular weight is 228 g/mol. The summed E-state index contributed by atoms with van der Waals surface area (Å²) < 4.78 is 1.94. The number of rotatable bonds is 4. The maximum absolute atomic E-state index is 4.61. The second kappa shape index (κ2) is 4.30. The zero-order chi connectivity index (χ0) is 11.7. The smallest absolute Gasteiger partial charge is 0.0679 e. The van der Waals surface area contributed by atoms with Crippen LogP contribution in [0.15, 0.2) is 30.6 Å². The molecule has 0 atom stereocenters. The Hall–Kier alpha value is -1.68. The van der Waals surface area contributed by atoms with Crippen LogP contribution in [0, 0.1) is 0 Å². The van der Waals surface area contributed by atoms with Gasteiger partial charge in [0.1, 0.15) is 0 Å². The molecule has 0 aliphatic heterocycles. The summed E-state index contributed by atoms with van der Waals surface area (Å²) in [4.78, 5) is 4.31. The molecule has 0 saturated heterocycles. The van der Waals surface area contributed by atoms with Gasteiger partial charge < -0.3 is 5.32 Å². The van der Waals surface area contributed by atoms with Gasteiger partial charge in [0.2, 0.25) is 0 Å². The van der Waals surface area contributed by atoms with Gasteiger partial charge in [-0.25, -0.2) is 4.68 Å². The van der Waals surface area contributed by atoms with Crippen LogP contribution in [-0.4, -0.2) is 21.8 Å². The Morgan fingerprint density at radius 3 is 3.06 bits per heavy atom. The molecule has 4 heteroatoms. The molecule has 0 amide bonds. The zero-order valence-corrected chi connectivity index (χ0v) is 9.93. The van der Waals surface area contributed by atoms with Crippen molar-refractivity contribution in [2.45, 2.75) is 25.3 Å². The van der Waals surface area contributed by atoms with E-state index in [9.17, 15) is 0 Å². The summed E-state index contributed by atoms with van der Waals surface area (Å²) in [5.74, 6) is 0.704. The van der Waals surface area contributed by atoms with Gasteiger partial charge in [0, 0.05) is 24.9 Å². The van der Waals surface area contributed by atoms with Gasteiger partial charge in [-0.3, -0.25) is 4.98 Å². The minimum atomic E-state index is 0.704. The number of hydrogen-bond donors (Lipinski definition) is 1.